The molecule has 1 aromatic rings. The van der Waals surface area contributed by atoms with Crippen molar-refractivity contribution < 1.29 is 13.2 Å². The third kappa shape index (κ3) is 2.32. The van der Waals surface area contributed by atoms with Gasteiger partial charge in [0, 0.05) is 6.20 Å². The highest BCUT2D eigenvalue weighted by Crippen LogP contribution is 2.28. The average Bonchev–Trinajstić information content (AvgIpc) is 2.15. The second-order valence-electron chi connectivity index (χ2n) is 2.73. The molecule has 0 aliphatic carbocycles. The van der Waals surface area contributed by atoms with E-state index in [0.717, 1.165) is 12.3 Å². The Hall–Kier alpha value is -1.36. The minimum Gasteiger partial charge on any atom is -0.319 e. The van der Waals surface area contributed by atoms with E-state index in [4.69, 9.17) is 5.73 Å². The van der Waals surface area contributed by atoms with Crippen LogP contribution in [0.1, 0.15) is 17.3 Å². The van der Waals surface area contributed by atoms with Gasteiger partial charge in [0.15, 0.2) is 0 Å². The van der Waals surface area contributed by atoms with Gasteiger partial charge in [-0.15, -0.1) is 6.58 Å². The van der Waals surface area contributed by atoms with E-state index in [1.807, 2.05) is 0 Å². The molecule has 14 heavy (non-hydrogen) atoms. The lowest BCUT2D eigenvalue weighted by Gasteiger charge is -2.08. The lowest BCUT2D eigenvalue weighted by molar-refractivity contribution is -0.137. The Morgan fingerprint density at radius 1 is 1.43 bits per heavy atom. The topological polar surface area (TPSA) is 38.9 Å². The van der Waals surface area contributed by atoms with E-state index in [-0.39, 0.29) is 0 Å². The Balaban J connectivity index is 2.95. The molecule has 1 atom stereocenters. The average molecular weight is 202 g/mol. The standard InChI is InChI=1S/C9H9F3N2/c1-2-7(13)8-4-3-6(5-14-8)9(10,11)12/h2-5,7H,1,13H2/t7-/m1/s1. The van der Waals surface area contributed by atoms with Crippen molar-refractivity contribution in [3.8, 4) is 0 Å². The van der Waals surface area contributed by atoms with E-state index in [0.29, 0.717) is 5.69 Å². The number of hydrogen-bond acceptors (Lipinski definition) is 2. The van der Waals surface area contributed by atoms with Crippen molar-refractivity contribution in [3.05, 3.63) is 42.2 Å². The van der Waals surface area contributed by atoms with Gasteiger partial charge in [-0.05, 0) is 12.1 Å². The zero-order valence-electron chi connectivity index (χ0n) is 7.25. The fourth-order valence-electron chi connectivity index (χ4n) is 0.891. The lowest BCUT2D eigenvalue weighted by atomic mass is 10.1. The number of halogens is 3. The van der Waals surface area contributed by atoms with Crippen LogP contribution in [-0.4, -0.2) is 4.98 Å². The fourth-order valence-corrected chi connectivity index (χ4v) is 0.891. The maximum atomic E-state index is 12.1. The first-order chi connectivity index (χ1) is 6.45. The van der Waals surface area contributed by atoms with Gasteiger partial charge in [-0.2, -0.15) is 13.2 Å². The Labute approximate surface area is 79.3 Å². The molecular formula is C9H9F3N2. The minimum absolute atomic E-state index is 0.369. The van der Waals surface area contributed by atoms with Crippen molar-refractivity contribution in [1.29, 1.82) is 0 Å². The van der Waals surface area contributed by atoms with Gasteiger partial charge in [0.05, 0.1) is 17.3 Å². The van der Waals surface area contributed by atoms with Crippen LogP contribution in [0.4, 0.5) is 13.2 Å². The molecule has 1 heterocycles. The molecule has 0 unspecified atom stereocenters. The maximum Gasteiger partial charge on any atom is 0.417 e. The second-order valence-corrected chi connectivity index (χ2v) is 2.73. The van der Waals surface area contributed by atoms with Crippen molar-refractivity contribution in [2.45, 2.75) is 12.2 Å². The smallest absolute Gasteiger partial charge is 0.319 e. The number of nitrogens with two attached hydrogens (primary N) is 1. The zero-order valence-corrected chi connectivity index (χ0v) is 7.25. The van der Waals surface area contributed by atoms with Gasteiger partial charge in [0.1, 0.15) is 0 Å². The highest BCUT2D eigenvalue weighted by atomic mass is 19.4. The zero-order chi connectivity index (χ0) is 10.8. The molecule has 0 aliphatic heterocycles. The lowest BCUT2D eigenvalue weighted by Crippen LogP contribution is -2.11. The third-order valence-electron chi connectivity index (χ3n) is 1.71. The minimum atomic E-state index is -4.36. The summed E-state index contributed by atoms with van der Waals surface area (Å²) in [6.07, 6.45) is -2.18. The fraction of sp³-hybridized carbons (Fsp3) is 0.222. The van der Waals surface area contributed by atoms with E-state index in [9.17, 15) is 13.2 Å². The second kappa shape index (κ2) is 3.79. The van der Waals surface area contributed by atoms with Crippen LogP contribution in [0.2, 0.25) is 0 Å². The molecule has 0 bridgehead atoms. The molecule has 2 N–H and O–H groups in total. The highest BCUT2D eigenvalue weighted by molar-refractivity contribution is 5.20. The molecule has 0 saturated carbocycles. The summed E-state index contributed by atoms with van der Waals surface area (Å²) in [4.78, 5) is 3.60. The molecule has 1 rings (SSSR count). The van der Waals surface area contributed by atoms with Gasteiger partial charge >= 0.3 is 6.18 Å². The molecule has 0 fully saturated rings. The normalized spacial score (nSPS) is 13.7. The van der Waals surface area contributed by atoms with E-state index in [2.05, 4.69) is 11.6 Å². The molecule has 2 nitrogen and oxygen atoms in total. The van der Waals surface area contributed by atoms with Crippen molar-refractivity contribution in [1.82, 2.24) is 4.98 Å². The van der Waals surface area contributed by atoms with Gasteiger partial charge in [-0.25, -0.2) is 0 Å². The Kier molecular flexibility index (Phi) is 2.90. The first-order valence-corrected chi connectivity index (χ1v) is 3.86. The predicted molar refractivity (Wildman–Crippen MR) is 46.4 cm³/mol. The summed E-state index contributed by atoms with van der Waals surface area (Å²) >= 11 is 0. The molecule has 1 aromatic heterocycles. The van der Waals surface area contributed by atoms with Crippen LogP contribution < -0.4 is 5.73 Å². The maximum absolute atomic E-state index is 12.1. The van der Waals surface area contributed by atoms with E-state index in [1.54, 1.807) is 0 Å². The molecular weight excluding hydrogens is 193 g/mol. The van der Waals surface area contributed by atoms with Gasteiger partial charge in [0.25, 0.3) is 0 Å². The number of pyridine rings is 1. The summed E-state index contributed by atoms with van der Waals surface area (Å²) in [5.41, 5.74) is 5.08. The molecule has 0 aliphatic rings. The van der Waals surface area contributed by atoms with Crippen LogP contribution in [-0.2, 0) is 6.18 Å². The van der Waals surface area contributed by atoms with Gasteiger partial charge in [0.2, 0.25) is 0 Å². The predicted octanol–water partition coefficient (Wildman–Crippen LogP) is 2.29. The third-order valence-corrected chi connectivity index (χ3v) is 1.71. The molecule has 0 amide bonds. The van der Waals surface area contributed by atoms with Crippen LogP contribution in [0.15, 0.2) is 31.0 Å². The number of rotatable bonds is 2. The SMILES string of the molecule is C=C[C@@H](N)c1ccc(C(F)(F)F)cn1. The summed E-state index contributed by atoms with van der Waals surface area (Å²) in [5.74, 6) is 0. The van der Waals surface area contributed by atoms with Crippen molar-refractivity contribution in [2.75, 3.05) is 0 Å². The van der Waals surface area contributed by atoms with Crippen molar-refractivity contribution in [3.63, 3.8) is 0 Å². The molecule has 76 valence electrons. The molecule has 0 radical (unpaired) electrons. The number of aromatic nitrogens is 1. The highest BCUT2D eigenvalue weighted by Gasteiger charge is 2.30. The van der Waals surface area contributed by atoms with Crippen molar-refractivity contribution >= 4 is 0 Å². The Bertz CT molecular complexity index is 316. The van der Waals surface area contributed by atoms with Gasteiger partial charge in [-0.1, -0.05) is 6.08 Å². The molecule has 0 spiro atoms. The largest absolute Gasteiger partial charge is 0.417 e. The van der Waals surface area contributed by atoms with Gasteiger partial charge in [-0.3, -0.25) is 4.98 Å². The molecule has 0 saturated heterocycles. The number of hydrogen-bond donors (Lipinski definition) is 1. The van der Waals surface area contributed by atoms with Gasteiger partial charge < -0.3 is 5.73 Å². The van der Waals surface area contributed by atoms with E-state index >= 15 is 0 Å². The summed E-state index contributed by atoms with van der Waals surface area (Å²) < 4.78 is 36.3. The van der Waals surface area contributed by atoms with Crippen LogP contribution in [0.3, 0.4) is 0 Å². The van der Waals surface area contributed by atoms with Crippen LogP contribution >= 0.6 is 0 Å². The van der Waals surface area contributed by atoms with Crippen LogP contribution in [0.5, 0.6) is 0 Å². The quantitative estimate of drug-likeness (QED) is 0.747. The first-order valence-electron chi connectivity index (χ1n) is 3.86. The van der Waals surface area contributed by atoms with Crippen LogP contribution in [0.25, 0.3) is 0 Å². The molecule has 5 heteroatoms. The van der Waals surface area contributed by atoms with Crippen LogP contribution in [0, 0.1) is 0 Å². The summed E-state index contributed by atoms with van der Waals surface area (Å²) in [6, 6.07) is 1.67. The summed E-state index contributed by atoms with van der Waals surface area (Å²) in [7, 11) is 0. The van der Waals surface area contributed by atoms with E-state index < -0.39 is 17.8 Å². The molecule has 0 aromatic carbocycles. The monoisotopic (exact) mass is 202 g/mol. The van der Waals surface area contributed by atoms with E-state index in [1.165, 1.54) is 12.1 Å². The summed E-state index contributed by atoms with van der Waals surface area (Å²) in [5, 5.41) is 0. The summed E-state index contributed by atoms with van der Waals surface area (Å²) in [6.45, 7) is 3.42. The number of nitrogens with zero attached hydrogens (tertiary/aromatic N) is 1. The number of alkyl halides is 3. The van der Waals surface area contributed by atoms with Crippen molar-refractivity contribution in [2.24, 2.45) is 5.73 Å². The Morgan fingerprint density at radius 3 is 2.43 bits per heavy atom. The Morgan fingerprint density at radius 2 is 2.07 bits per heavy atom. The first kappa shape index (κ1) is 10.7.